The number of nitrogens with zero attached hydrogens (tertiary/aromatic N) is 6. The molecule has 4 aromatic rings. The van der Waals surface area contributed by atoms with Gasteiger partial charge in [0.25, 0.3) is 11.2 Å². The minimum atomic E-state index is -0.502. The number of aromatic amines is 1. The number of non-ortho nitro benzene ring substituents is 1. The van der Waals surface area contributed by atoms with Gasteiger partial charge in [-0.05, 0) is 28.1 Å². The van der Waals surface area contributed by atoms with Crippen LogP contribution in [0.4, 0.5) is 17.3 Å². The van der Waals surface area contributed by atoms with Crippen LogP contribution in [0.25, 0.3) is 11.3 Å². The third kappa shape index (κ3) is 2.64. The van der Waals surface area contributed by atoms with E-state index in [1.807, 2.05) is 30.3 Å². The summed E-state index contributed by atoms with van der Waals surface area (Å²) in [6, 6.07) is 14.9. The molecule has 1 aliphatic heterocycles. The van der Waals surface area contributed by atoms with Crippen molar-refractivity contribution >= 4 is 17.3 Å². The quantitative estimate of drug-likeness (QED) is 0.353. The molecule has 0 fully saturated rings. The zero-order chi connectivity index (χ0) is 20.0. The summed E-state index contributed by atoms with van der Waals surface area (Å²) in [4.78, 5) is 23.1. The lowest BCUT2D eigenvalue weighted by Crippen LogP contribution is -2.29. The summed E-state index contributed by atoms with van der Waals surface area (Å²) in [5, 5.41) is 32.4. The van der Waals surface area contributed by atoms with Gasteiger partial charge < -0.3 is 5.32 Å². The number of aromatic nitrogens is 6. The molecular weight excluding hydrogens is 376 g/mol. The molecule has 1 aliphatic rings. The molecule has 3 heterocycles. The second kappa shape index (κ2) is 6.34. The third-order valence-corrected chi connectivity index (χ3v) is 4.74. The van der Waals surface area contributed by atoms with E-state index in [4.69, 9.17) is 0 Å². The minimum absolute atomic E-state index is 0.0347. The number of nitrogens with one attached hydrogen (secondary N) is 2. The SMILES string of the molecule is O=c1[nH]nc(-c2ccc([N+](=O)[O-])cc2)c2c1Nc1nnnn1[C@H]2c1ccccc1. The topological polar surface area (TPSA) is 145 Å². The molecule has 0 spiro atoms. The van der Waals surface area contributed by atoms with Crippen LogP contribution in [0.15, 0.2) is 59.4 Å². The fourth-order valence-corrected chi connectivity index (χ4v) is 3.44. The van der Waals surface area contributed by atoms with Crippen molar-refractivity contribution in [3.8, 4) is 11.3 Å². The average molecular weight is 388 g/mol. The molecule has 2 aromatic heterocycles. The fraction of sp³-hybridized carbons (Fsp3) is 0.0556. The molecule has 0 radical (unpaired) electrons. The second-order valence-corrected chi connectivity index (χ2v) is 6.38. The van der Waals surface area contributed by atoms with Gasteiger partial charge in [0.15, 0.2) is 0 Å². The summed E-state index contributed by atoms with van der Waals surface area (Å²) >= 11 is 0. The van der Waals surface area contributed by atoms with Crippen molar-refractivity contribution in [2.75, 3.05) is 5.32 Å². The van der Waals surface area contributed by atoms with Crippen LogP contribution in [0, 0.1) is 10.1 Å². The van der Waals surface area contributed by atoms with E-state index in [0.717, 1.165) is 5.56 Å². The molecule has 0 aliphatic carbocycles. The van der Waals surface area contributed by atoms with Crippen molar-refractivity contribution in [2.24, 2.45) is 0 Å². The van der Waals surface area contributed by atoms with Crippen LogP contribution in [0.2, 0.25) is 0 Å². The maximum atomic E-state index is 12.6. The highest BCUT2D eigenvalue weighted by molar-refractivity contribution is 5.75. The van der Waals surface area contributed by atoms with Gasteiger partial charge in [-0.25, -0.2) is 5.10 Å². The lowest BCUT2D eigenvalue weighted by Gasteiger charge is -2.27. The van der Waals surface area contributed by atoms with Crippen LogP contribution < -0.4 is 10.9 Å². The molecule has 1 atom stereocenters. The Morgan fingerprint density at radius 2 is 1.83 bits per heavy atom. The molecular formula is C18H12N8O3. The van der Waals surface area contributed by atoms with E-state index in [-0.39, 0.29) is 11.4 Å². The van der Waals surface area contributed by atoms with Gasteiger partial charge in [-0.15, -0.1) is 0 Å². The maximum absolute atomic E-state index is 12.6. The van der Waals surface area contributed by atoms with Gasteiger partial charge >= 0.3 is 0 Å². The molecule has 29 heavy (non-hydrogen) atoms. The minimum Gasteiger partial charge on any atom is -0.318 e. The normalized spacial score (nSPS) is 14.6. The van der Waals surface area contributed by atoms with E-state index in [9.17, 15) is 14.9 Å². The smallest absolute Gasteiger partial charge is 0.288 e. The number of benzene rings is 2. The number of tetrazole rings is 1. The van der Waals surface area contributed by atoms with E-state index in [0.29, 0.717) is 22.8 Å². The van der Waals surface area contributed by atoms with Crippen molar-refractivity contribution in [1.82, 2.24) is 30.4 Å². The Kier molecular flexibility index (Phi) is 3.66. The first-order valence-corrected chi connectivity index (χ1v) is 8.60. The highest BCUT2D eigenvalue weighted by Crippen LogP contribution is 2.41. The van der Waals surface area contributed by atoms with Crippen LogP contribution in [0.5, 0.6) is 0 Å². The van der Waals surface area contributed by atoms with Gasteiger partial charge in [-0.3, -0.25) is 14.9 Å². The van der Waals surface area contributed by atoms with Crippen LogP contribution in [0.3, 0.4) is 0 Å². The summed E-state index contributed by atoms with van der Waals surface area (Å²) in [5.41, 5.74) is 2.35. The van der Waals surface area contributed by atoms with E-state index in [1.54, 1.807) is 16.8 Å². The van der Waals surface area contributed by atoms with Crippen molar-refractivity contribution < 1.29 is 4.92 Å². The Labute approximate surface area is 162 Å². The number of rotatable bonds is 3. The van der Waals surface area contributed by atoms with Crippen molar-refractivity contribution in [3.05, 3.63) is 86.2 Å². The molecule has 2 N–H and O–H groups in total. The predicted molar refractivity (Wildman–Crippen MR) is 102 cm³/mol. The lowest BCUT2D eigenvalue weighted by molar-refractivity contribution is -0.384. The number of fused-ring (bicyclic) bond motifs is 2. The van der Waals surface area contributed by atoms with Gasteiger partial charge in [0.2, 0.25) is 5.95 Å². The van der Waals surface area contributed by atoms with E-state index in [1.165, 1.54) is 12.1 Å². The van der Waals surface area contributed by atoms with Crippen LogP contribution in [-0.2, 0) is 0 Å². The Bertz CT molecular complexity index is 1280. The molecule has 11 heteroatoms. The molecule has 142 valence electrons. The van der Waals surface area contributed by atoms with Crippen LogP contribution >= 0.6 is 0 Å². The Morgan fingerprint density at radius 3 is 2.55 bits per heavy atom. The Balaban J connectivity index is 1.77. The zero-order valence-corrected chi connectivity index (χ0v) is 14.7. The number of hydrogen-bond acceptors (Lipinski definition) is 8. The number of nitro benzene ring substituents is 1. The molecule has 2 aromatic carbocycles. The number of nitro groups is 1. The summed E-state index contributed by atoms with van der Waals surface area (Å²) in [5.74, 6) is 0.331. The number of hydrogen-bond donors (Lipinski definition) is 2. The first-order chi connectivity index (χ1) is 14.1. The second-order valence-electron chi connectivity index (χ2n) is 6.38. The molecule has 0 bridgehead atoms. The molecule has 5 rings (SSSR count). The Hall–Kier alpha value is -4.41. The molecule has 0 saturated carbocycles. The fourth-order valence-electron chi connectivity index (χ4n) is 3.44. The third-order valence-electron chi connectivity index (χ3n) is 4.74. The lowest BCUT2D eigenvalue weighted by atomic mass is 9.92. The molecule has 0 saturated heterocycles. The first-order valence-electron chi connectivity index (χ1n) is 8.60. The highest BCUT2D eigenvalue weighted by Gasteiger charge is 2.34. The van der Waals surface area contributed by atoms with Crippen LogP contribution in [-0.4, -0.2) is 35.3 Å². The number of H-pyrrole nitrogens is 1. The largest absolute Gasteiger partial charge is 0.318 e. The summed E-state index contributed by atoms with van der Waals surface area (Å²) < 4.78 is 1.58. The Morgan fingerprint density at radius 1 is 1.07 bits per heavy atom. The molecule has 0 unspecified atom stereocenters. The standard InChI is InChI=1S/C18H12N8O3/c27-17-15-13(14(20-21-17)10-6-8-12(9-7-10)26(28)29)16(11-4-2-1-3-5-11)25-18(19-15)22-23-24-25/h1-9,16H,(H,21,27)(H,19,22,24)/t16-/m0/s1. The molecule has 11 nitrogen and oxygen atoms in total. The van der Waals surface area contributed by atoms with Gasteiger partial charge in [0.05, 0.1) is 10.6 Å². The van der Waals surface area contributed by atoms with Crippen molar-refractivity contribution in [3.63, 3.8) is 0 Å². The molecule has 0 amide bonds. The highest BCUT2D eigenvalue weighted by atomic mass is 16.6. The average Bonchev–Trinajstić information content (AvgIpc) is 3.22. The zero-order valence-electron chi connectivity index (χ0n) is 14.7. The summed E-state index contributed by atoms with van der Waals surface area (Å²) in [7, 11) is 0. The van der Waals surface area contributed by atoms with E-state index in [2.05, 4.69) is 31.0 Å². The van der Waals surface area contributed by atoms with Gasteiger partial charge in [0, 0.05) is 23.3 Å². The summed E-state index contributed by atoms with van der Waals surface area (Å²) in [6.45, 7) is 0. The van der Waals surface area contributed by atoms with Crippen LogP contribution in [0.1, 0.15) is 17.2 Å². The van der Waals surface area contributed by atoms with Gasteiger partial charge in [-0.1, -0.05) is 35.4 Å². The van der Waals surface area contributed by atoms with E-state index < -0.39 is 16.5 Å². The van der Waals surface area contributed by atoms with Gasteiger partial charge in [-0.2, -0.15) is 9.78 Å². The van der Waals surface area contributed by atoms with E-state index >= 15 is 0 Å². The summed E-state index contributed by atoms with van der Waals surface area (Å²) in [6.07, 6.45) is 0. The first kappa shape index (κ1) is 16.7. The number of anilines is 2. The maximum Gasteiger partial charge on any atom is 0.288 e. The van der Waals surface area contributed by atoms with Crippen molar-refractivity contribution in [1.29, 1.82) is 0 Å². The van der Waals surface area contributed by atoms with Gasteiger partial charge in [0.1, 0.15) is 11.7 Å². The monoisotopic (exact) mass is 388 g/mol. The van der Waals surface area contributed by atoms with Crippen molar-refractivity contribution in [2.45, 2.75) is 6.04 Å². The predicted octanol–water partition coefficient (Wildman–Crippen LogP) is 2.03.